The van der Waals surface area contributed by atoms with E-state index in [-0.39, 0.29) is 17.1 Å². The summed E-state index contributed by atoms with van der Waals surface area (Å²) in [4.78, 5) is 11.3. The van der Waals surface area contributed by atoms with E-state index in [1.165, 1.54) is 5.56 Å². The largest absolute Gasteiger partial charge is 0.392 e. The molecule has 0 saturated heterocycles. The number of carbonyl (C=O) groups is 1. The van der Waals surface area contributed by atoms with Crippen molar-refractivity contribution in [1.82, 2.24) is 0 Å². The highest BCUT2D eigenvalue weighted by Crippen LogP contribution is 2.29. The van der Waals surface area contributed by atoms with Gasteiger partial charge in [0.2, 0.25) is 0 Å². The predicted octanol–water partition coefficient (Wildman–Crippen LogP) is 2.40. The van der Waals surface area contributed by atoms with E-state index < -0.39 is 0 Å². The number of aliphatic hydroxyl groups is 1. The molecule has 1 N–H and O–H groups in total. The summed E-state index contributed by atoms with van der Waals surface area (Å²) in [6.45, 7) is 0. The van der Waals surface area contributed by atoms with Gasteiger partial charge in [0, 0.05) is 23.8 Å². The van der Waals surface area contributed by atoms with Crippen LogP contribution in [0.3, 0.4) is 0 Å². The fourth-order valence-electron chi connectivity index (χ4n) is 1.90. The molecule has 1 aliphatic rings. The number of benzene rings is 1. The number of ketones is 1. The van der Waals surface area contributed by atoms with E-state index in [1.807, 2.05) is 18.2 Å². The van der Waals surface area contributed by atoms with Gasteiger partial charge in [-0.3, -0.25) is 4.79 Å². The van der Waals surface area contributed by atoms with Crippen molar-refractivity contribution in [2.45, 2.75) is 36.4 Å². The van der Waals surface area contributed by atoms with E-state index in [1.54, 1.807) is 11.8 Å². The molecule has 3 heteroatoms. The molecule has 0 amide bonds. The third-order valence-electron chi connectivity index (χ3n) is 2.88. The Labute approximate surface area is 100 Å². The van der Waals surface area contributed by atoms with Crippen molar-refractivity contribution in [3.05, 3.63) is 35.9 Å². The summed E-state index contributed by atoms with van der Waals surface area (Å²) in [5, 5.41) is 9.88. The Morgan fingerprint density at radius 3 is 2.81 bits per heavy atom. The van der Waals surface area contributed by atoms with E-state index in [0.29, 0.717) is 19.3 Å². The average Bonchev–Trinajstić information content (AvgIpc) is 2.32. The zero-order chi connectivity index (χ0) is 11.4. The molecule has 16 heavy (non-hydrogen) atoms. The second-order valence-electron chi connectivity index (χ2n) is 4.18. The van der Waals surface area contributed by atoms with Crippen LogP contribution in [0.2, 0.25) is 0 Å². The van der Waals surface area contributed by atoms with E-state index in [4.69, 9.17) is 0 Å². The van der Waals surface area contributed by atoms with Crippen LogP contribution in [0.15, 0.2) is 30.3 Å². The Morgan fingerprint density at radius 2 is 2.06 bits per heavy atom. The van der Waals surface area contributed by atoms with Crippen molar-refractivity contribution in [3.63, 3.8) is 0 Å². The van der Waals surface area contributed by atoms with Crippen LogP contribution in [-0.2, 0) is 10.5 Å². The average molecular weight is 236 g/mol. The van der Waals surface area contributed by atoms with Crippen molar-refractivity contribution in [2.24, 2.45) is 0 Å². The lowest BCUT2D eigenvalue weighted by Gasteiger charge is -2.26. The summed E-state index contributed by atoms with van der Waals surface area (Å²) >= 11 is 1.69. The first kappa shape index (κ1) is 11.7. The van der Waals surface area contributed by atoms with Gasteiger partial charge < -0.3 is 5.11 Å². The van der Waals surface area contributed by atoms with Gasteiger partial charge in [0.05, 0.1) is 6.10 Å². The third-order valence-corrected chi connectivity index (χ3v) is 4.29. The SMILES string of the molecule is O=C1CCC(O)C(SCc2ccccc2)C1. The number of carbonyl (C=O) groups excluding carboxylic acids is 1. The van der Waals surface area contributed by atoms with Crippen LogP contribution in [0, 0.1) is 0 Å². The highest BCUT2D eigenvalue weighted by atomic mass is 32.2. The van der Waals surface area contributed by atoms with Gasteiger partial charge in [-0.1, -0.05) is 30.3 Å². The number of rotatable bonds is 3. The van der Waals surface area contributed by atoms with Crippen molar-refractivity contribution in [2.75, 3.05) is 0 Å². The minimum atomic E-state index is -0.314. The minimum absolute atomic E-state index is 0.0847. The Hall–Kier alpha value is -0.800. The van der Waals surface area contributed by atoms with Gasteiger partial charge in [0.15, 0.2) is 0 Å². The number of hydrogen-bond acceptors (Lipinski definition) is 3. The smallest absolute Gasteiger partial charge is 0.134 e. The first-order valence-electron chi connectivity index (χ1n) is 5.61. The molecule has 86 valence electrons. The van der Waals surface area contributed by atoms with Crippen LogP contribution in [-0.4, -0.2) is 22.2 Å². The molecule has 0 aromatic heterocycles. The summed E-state index contributed by atoms with van der Waals surface area (Å²) in [7, 11) is 0. The molecule has 1 saturated carbocycles. The van der Waals surface area contributed by atoms with Crippen molar-refractivity contribution < 1.29 is 9.90 Å². The number of thioether (sulfide) groups is 1. The normalized spacial score (nSPS) is 25.7. The molecule has 0 aliphatic heterocycles. The second-order valence-corrected chi connectivity index (χ2v) is 5.41. The van der Waals surface area contributed by atoms with Crippen LogP contribution >= 0.6 is 11.8 Å². The summed E-state index contributed by atoms with van der Waals surface area (Å²) in [6, 6.07) is 10.2. The molecule has 0 radical (unpaired) electrons. The lowest BCUT2D eigenvalue weighted by atomic mass is 9.96. The molecule has 0 heterocycles. The molecule has 1 aromatic carbocycles. The van der Waals surface area contributed by atoms with E-state index in [2.05, 4.69) is 12.1 Å². The summed E-state index contributed by atoms with van der Waals surface area (Å²) < 4.78 is 0. The van der Waals surface area contributed by atoms with Gasteiger partial charge in [-0.2, -0.15) is 11.8 Å². The zero-order valence-corrected chi connectivity index (χ0v) is 9.95. The highest BCUT2D eigenvalue weighted by Gasteiger charge is 2.27. The van der Waals surface area contributed by atoms with Crippen molar-refractivity contribution in [1.29, 1.82) is 0 Å². The first-order valence-corrected chi connectivity index (χ1v) is 6.66. The summed E-state index contributed by atoms with van der Waals surface area (Å²) in [5.41, 5.74) is 1.25. The van der Waals surface area contributed by atoms with Gasteiger partial charge in [-0.05, 0) is 12.0 Å². The Balaban J connectivity index is 1.87. The monoisotopic (exact) mass is 236 g/mol. The molecule has 1 aromatic rings. The fourth-order valence-corrected chi connectivity index (χ4v) is 3.17. The maximum Gasteiger partial charge on any atom is 0.134 e. The molecule has 0 bridgehead atoms. The standard InChI is InChI=1S/C13H16O2S/c14-11-6-7-12(15)13(8-11)16-9-10-4-2-1-3-5-10/h1-5,12-13,15H,6-9H2. The van der Waals surface area contributed by atoms with Gasteiger partial charge in [0.25, 0.3) is 0 Å². The molecular formula is C13H16O2S. The van der Waals surface area contributed by atoms with E-state index in [9.17, 15) is 9.90 Å². The minimum Gasteiger partial charge on any atom is -0.392 e. The first-order chi connectivity index (χ1) is 7.75. The van der Waals surface area contributed by atoms with Crippen LogP contribution in [0.25, 0.3) is 0 Å². The van der Waals surface area contributed by atoms with Crippen LogP contribution in [0.1, 0.15) is 24.8 Å². The summed E-state index contributed by atoms with van der Waals surface area (Å²) in [6.07, 6.45) is 1.39. The van der Waals surface area contributed by atoms with Gasteiger partial charge in [-0.15, -0.1) is 0 Å². The number of aliphatic hydroxyl groups excluding tert-OH is 1. The molecule has 0 spiro atoms. The third kappa shape index (κ3) is 3.09. The highest BCUT2D eigenvalue weighted by molar-refractivity contribution is 7.99. The van der Waals surface area contributed by atoms with E-state index >= 15 is 0 Å². The maximum absolute atomic E-state index is 11.3. The number of hydrogen-bond donors (Lipinski definition) is 1. The molecule has 2 rings (SSSR count). The Morgan fingerprint density at radius 1 is 1.31 bits per heavy atom. The maximum atomic E-state index is 11.3. The van der Waals surface area contributed by atoms with Crippen LogP contribution < -0.4 is 0 Å². The molecule has 1 fully saturated rings. The molecule has 2 nitrogen and oxygen atoms in total. The van der Waals surface area contributed by atoms with Gasteiger partial charge in [0.1, 0.15) is 5.78 Å². The second kappa shape index (κ2) is 5.51. The molecule has 1 aliphatic carbocycles. The molecule has 2 unspecified atom stereocenters. The van der Waals surface area contributed by atoms with Crippen molar-refractivity contribution in [3.8, 4) is 0 Å². The zero-order valence-electron chi connectivity index (χ0n) is 9.13. The lowest BCUT2D eigenvalue weighted by Crippen LogP contribution is -2.31. The lowest BCUT2D eigenvalue weighted by molar-refractivity contribution is -0.121. The quantitative estimate of drug-likeness (QED) is 0.875. The predicted molar refractivity (Wildman–Crippen MR) is 66.4 cm³/mol. The molecular weight excluding hydrogens is 220 g/mol. The van der Waals surface area contributed by atoms with Crippen molar-refractivity contribution >= 4 is 17.5 Å². The summed E-state index contributed by atoms with van der Waals surface area (Å²) in [5.74, 6) is 1.16. The Bertz CT molecular complexity index is 350. The van der Waals surface area contributed by atoms with Gasteiger partial charge >= 0.3 is 0 Å². The fraction of sp³-hybridized carbons (Fsp3) is 0.462. The van der Waals surface area contributed by atoms with Crippen LogP contribution in [0.4, 0.5) is 0 Å². The van der Waals surface area contributed by atoms with E-state index in [0.717, 1.165) is 5.75 Å². The van der Waals surface area contributed by atoms with Crippen LogP contribution in [0.5, 0.6) is 0 Å². The number of Topliss-reactive ketones (excluding diaryl/α,β-unsaturated/α-hetero) is 1. The topological polar surface area (TPSA) is 37.3 Å². The van der Waals surface area contributed by atoms with Gasteiger partial charge in [-0.25, -0.2) is 0 Å². The Kier molecular flexibility index (Phi) is 4.02. The molecule has 2 atom stereocenters.